The Hall–Kier alpha value is -1.50. The fraction of sp³-hybridized carbons (Fsp3) is 0.943. The van der Waals surface area contributed by atoms with E-state index in [0.29, 0.717) is 12.8 Å². The van der Waals surface area contributed by atoms with Crippen molar-refractivity contribution in [3.63, 3.8) is 0 Å². The van der Waals surface area contributed by atoms with Crippen molar-refractivity contribution < 1.29 is 58.3 Å². The molecule has 0 aliphatic carbocycles. The number of rotatable bonds is 64. The van der Waals surface area contributed by atoms with Gasteiger partial charge in [-0.3, -0.25) is 9.59 Å². The summed E-state index contributed by atoms with van der Waals surface area (Å²) in [5.41, 5.74) is 0. The number of aliphatic carboxylic acids is 2. The number of hydrogen-bond donors (Lipinski definition) is 0. The molecule has 0 aliphatic rings. The quantitative estimate of drug-likeness (QED) is 0.0334. The minimum absolute atomic E-state index is 0. The molecular weight excluding hydrogens is 1030 g/mol. The summed E-state index contributed by atoms with van der Waals surface area (Å²) in [5, 5.41) is 20.8. The van der Waals surface area contributed by atoms with E-state index in [1.165, 1.54) is 244 Å². The Morgan fingerprint density at radius 1 is 0.241 bits per heavy atom. The molecule has 0 aromatic rings. The van der Waals surface area contributed by atoms with Crippen molar-refractivity contribution in [2.75, 3.05) is 0 Å². The van der Waals surface area contributed by atoms with Crippen LogP contribution < -0.4 is 10.2 Å². The maximum absolute atomic E-state index is 12.5. The van der Waals surface area contributed by atoms with E-state index < -0.39 is 11.9 Å². The predicted molar refractivity (Wildman–Crippen MR) is 329 cm³/mol. The average molecular weight is 1170 g/mol. The zero-order valence-corrected chi connectivity index (χ0v) is 56.5. The SMILES string of the molecule is CCCCCCCCCCCCCCCCC(=O)OC(CCCCC)CCCCCCCCCCCC(=O)[O-].CCCCCCCCCCCCCCCCC(=O)OC(CCCCC)CCCCCCCCCCCC(=O)[O-].[Zn+2]. The third kappa shape index (κ3) is 72.6. The molecule has 0 N–H and O–H groups in total. The molecule has 0 aromatic carbocycles. The van der Waals surface area contributed by atoms with Gasteiger partial charge in [-0.2, -0.15) is 0 Å². The van der Waals surface area contributed by atoms with E-state index in [4.69, 9.17) is 9.47 Å². The normalized spacial score (nSPS) is 11.9. The van der Waals surface area contributed by atoms with Crippen LogP contribution in [0.5, 0.6) is 0 Å². The van der Waals surface area contributed by atoms with Crippen LogP contribution in [0.15, 0.2) is 0 Å². The van der Waals surface area contributed by atoms with Gasteiger partial charge in [0.25, 0.3) is 0 Å². The molecule has 0 fully saturated rings. The van der Waals surface area contributed by atoms with Gasteiger partial charge in [0.05, 0.1) is 0 Å². The predicted octanol–water partition coefficient (Wildman–Crippen LogP) is 20.8. The Morgan fingerprint density at radius 3 is 0.595 bits per heavy atom. The Balaban J connectivity index is -0.00000144. The largest absolute Gasteiger partial charge is 2.00 e. The minimum atomic E-state index is -0.927. The molecule has 2 unspecified atom stereocenters. The summed E-state index contributed by atoms with van der Waals surface area (Å²) in [4.78, 5) is 45.8. The molecule has 0 heterocycles. The first-order valence-electron chi connectivity index (χ1n) is 35.0. The third-order valence-corrected chi connectivity index (χ3v) is 16.1. The van der Waals surface area contributed by atoms with Gasteiger partial charge < -0.3 is 29.3 Å². The van der Waals surface area contributed by atoms with Crippen molar-refractivity contribution in [2.24, 2.45) is 0 Å². The minimum Gasteiger partial charge on any atom is -0.550 e. The Kier molecular flexibility index (Phi) is 73.2. The number of esters is 2. The van der Waals surface area contributed by atoms with Gasteiger partial charge in [0.2, 0.25) is 0 Å². The molecule has 0 aromatic heterocycles. The molecule has 0 spiro atoms. The second kappa shape index (κ2) is 70.8. The maximum atomic E-state index is 12.5. The van der Waals surface area contributed by atoms with E-state index in [9.17, 15) is 29.4 Å². The maximum Gasteiger partial charge on any atom is 2.00 e. The van der Waals surface area contributed by atoms with Crippen molar-refractivity contribution in [1.82, 2.24) is 0 Å². The van der Waals surface area contributed by atoms with Gasteiger partial charge in [-0.05, 0) is 89.9 Å². The molecule has 464 valence electrons. The third-order valence-electron chi connectivity index (χ3n) is 16.1. The fourth-order valence-electron chi connectivity index (χ4n) is 10.9. The van der Waals surface area contributed by atoms with Crippen molar-refractivity contribution >= 4 is 23.9 Å². The van der Waals surface area contributed by atoms with Crippen molar-refractivity contribution in [3.8, 4) is 0 Å². The number of carbonyl (C=O) groups is 4. The summed E-state index contributed by atoms with van der Waals surface area (Å²) in [6, 6.07) is 0. The molecule has 0 rings (SSSR count). The van der Waals surface area contributed by atoms with Crippen LogP contribution in [0.3, 0.4) is 0 Å². The first-order valence-corrected chi connectivity index (χ1v) is 35.0. The topological polar surface area (TPSA) is 133 Å². The first-order chi connectivity index (χ1) is 38.2. The zero-order chi connectivity index (χ0) is 57.3. The number of carboxylic acid groups (broad SMARTS) is 2. The van der Waals surface area contributed by atoms with Crippen LogP contribution >= 0.6 is 0 Å². The molecule has 0 radical (unpaired) electrons. The van der Waals surface area contributed by atoms with E-state index in [0.717, 1.165) is 116 Å². The average Bonchev–Trinajstić information content (AvgIpc) is 3.41. The number of hydrogen-bond acceptors (Lipinski definition) is 8. The van der Waals surface area contributed by atoms with Gasteiger partial charge in [0.1, 0.15) is 12.2 Å². The smallest absolute Gasteiger partial charge is 0.550 e. The monoisotopic (exact) mass is 1170 g/mol. The molecular formula is C70H134O8Zn. The van der Waals surface area contributed by atoms with Crippen LogP contribution in [-0.2, 0) is 48.1 Å². The summed E-state index contributed by atoms with van der Waals surface area (Å²) >= 11 is 0. The van der Waals surface area contributed by atoms with E-state index in [2.05, 4.69) is 27.7 Å². The Morgan fingerprint density at radius 2 is 0.392 bits per heavy atom. The molecule has 0 bridgehead atoms. The first kappa shape index (κ1) is 81.7. The molecule has 0 saturated heterocycles. The van der Waals surface area contributed by atoms with Gasteiger partial charge in [-0.25, -0.2) is 0 Å². The summed E-state index contributed by atoms with van der Waals surface area (Å²) in [6.45, 7) is 9.00. The molecule has 79 heavy (non-hydrogen) atoms. The number of unbranched alkanes of at least 4 members (excludes halogenated alkanes) is 46. The second-order valence-electron chi connectivity index (χ2n) is 24.1. The molecule has 9 heteroatoms. The van der Waals surface area contributed by atoms with Gasteiger partial charge in [-0.1, -0.05) is 310 Å². The molecule has 0 saturated carbocycles. The fourth-order valence-corrected chi connectivity index (χ4v) is 10.9. The van der Waals surface area contributed by atoms with E-state index in [1.807, 2.05) is 0 Å². The second-order valence-corrected chi connectivity index (χ2v) is 24.1. The van der Waals surface area contributed by atoms with Crippen LogP contribution in [0.25, 0.3) is 0 Å². The van der Waals surface area contributed by atoms with Crippen LogP contribution in [0.1, 0.15) is 413 Å². The zero-order valence-electron chi connectivity index (χ0n) is 53.6. The van der Waals surface area contributed by atoms with Crippen LogP contribution in [0, 0.1) is 0 Å². The summed E-state index contributed by atoms with van der Waals surface area (Å²) in [7, 11) is 0. The van der Waals surface area contributed by atoms with E-state index in [-0.39, 0.29) is 56.5 Å². The summed E-state index contributed by atoms with van der Waals surface area (Å²) in [6.07, 6.45) is 70.7. The van der Waals surface area contributed by atoms with Gasteiger partial charge in [0, 0.05) is 24.8 Å². The van der Waals surface area contributed by atoms with E-state index in [1.54, 1.807) is 0 Å². The molecule has 2 atom stereocenters. The number of ether oxygens (including phenoxy) is 2. The summed E-state index contributed by atoms with van der Waals surface area (Å²) in [5.74, 6) is -1.81. The van der Waals surface area contributed by atoms with Crippen LogP contribution in [0.2, 0.25) is 0 Å². The van der Waals surface area contributed by atoms with Gasteiger partial charge in [0.15, 0.2) is 0 Å². The van der Waals surface area contributed by atoms with Gasteiger partial charge >= 0.3 is 31.4 Å². The molecule has 0 amide bonds. The molecule has 8 nitrogen and oxygen atoms in total. The molecule has 0 aliphatic heterocycles. The van der Waals surface area contributed by atoms with Crippen LogP contribution in [-0.4, -0.2) is 36.1 Å². The number of carboxylic acids is 2. The van der Waals surface area contributed by atoms with Crippen molar-refractivity contribution in [1.29, 1.82) is 0 Å². The van der Waals surface area contributed by atoms with E-state index >= 15 is 0 Å². The number of carbonyl (C=O) groups excluding carboxylic acids is 4. The van der Waals surface area contributed by atoms with Gasteiger partial charge in [-0.15, -0.1) is 0 Å². The van der Waals surface area contributed by atoms with Crippen LogP contribution in [0.4, 0.5) is 0 Å². The Bertz CT molecular complexity index is 1140. The Labute approximate surface area is 504 Å². The van der Waals surface area contributed by atoms with Crippen molar-refractivity contribution in [2.45, 2.75) is 425 Å². The van der Waals surface area contributed by atoms with Crippen molar-refractivity contribution in [3.05, 3.63) is 0 Å². The standard InChI is InChI=1S/2C35H68O4.Zn/c2*1-3-5-7-8-9-10-11-12-13-14-18-21-24-28-32-35(38)39-33(29-25-6-4-2)30-26-22-19-16-15-17-20-23-27-31-34(36)37;/h2*33H,3-32H2,1-2H3,(H,36,37);/q;;+2/p-2. The summed E-state index contributed by atoms with van der Waals surface area (Å²) < 4.78 is 11.8.